The van der Waals surface area contributed by atoms with Gasteiger partial charge in [-0.2, -0.15) is 5.26 Å². The van der Waals surface area contributed by atoms with Crippen molar-refractivity contribution in [1.29, 1.82) is 5.26 Å². The number of fused-ring (bicyclic) bond motifs is 1. The van der Waals surface area contributed by atoms with Crippen LogP contribution in [0.15, 0.2) is 48.5 Å². The zero-order valence-corrected chi connectivity index (χ0v) is 14.8. The Balaban J connectivity index is 1.49. The fraction of sp³-hybridized carbons (Fsp3) is 0.250. The Labute approximate surface area is 156 Å². The van der Waals surface area contributed by atoms with Gasteiger partial charge in [0.2, 0.25) is 0 Å². The average Bonchev–Trinajstić information content (AvgIpc) is 2.71. The molecule has 0 spiro atoms. The molecule has 0 aliphatic carbocycles. The second-order valence-corrected chi connectivity index (χ2v) is 6.04. The number of ether oxygens (including phenoxy) is 3. The Morgan fingerprint density at radius 2 is 2.00 bits per heavy atom. The largest absolute Gasteiger partial charge is 0.486 e. The van der Waals surface area contributed by atoms with Gasteiger partial charge >= 0.3 is 5.97 Å². The highest BCUT2D eigenvalue weighted by molar-refractivity contribution is 5.91. The number of carbonyl (C=O) groups is 2. The molecule has 1 heterocycles. The van der Waals surface area contributed by atoms with Crippen molar-refractivity contribution in [3.8, 4) is 17.6 Å². The molecule has 0 saturated heterocycles. The normalized spacial score (nSPS) is 14.7. The summed E-state index contributed by atoms with van der Waals surface area (Å²) < 4.78 is 16.5. The van der Waals surface area contributed by atoms with Crippen LogP contribution in [0.5, 0.6) is 11.5 Å². The van der Waals surface area contributed by atoms with Crippen LogP contribution in [-0.4, -0.2) is 49.7 Å². The van der Waals surface area contributed by atoms with E-state index in [1.54, 1.807) is 25.2 Å². The molecule has 7 nitrogen and oxygen atoms in total. The van der Waals surface area contributed by atoms with Crippen LogP contribution in [0.25, 0.3) is 0 Å². The van der Waals surface area contributed by atoms with Crippen LogP contribution in [-0.2, 0) is 9.53 Å². The molecule has 0 radical (unpaired) electrons. The highest BCUT2D eigenvalue weighted by Crippen LogP contribution is 2.30. The van der Waals surface area contributed by atoms with Crippen LogP contribution in [0.2, 0.25) is 0 Å². The lowest BCUT2D eigenvalue weighted by Gasteiger charge is -2.29. The monoisotopic (exact) mass is 366 g/mol. The number of amides is 1. The molecule has 0 fully saturated rings. The van der Waals surface area contributed by atoms with Crippen molar-refractivity contribution >= 4 is 11.9 Å². The van der Waals surface area contributed by atoms with Gasteiger partial charge in [-0.1, -0.05) is 18.2 Å². The minimum absolute atomic E-state index is 0.227. The van der Waals surface area contributed by atoms with E-state index in [1.807, 2.05) is 24.3 Å². The van der Waals surface area contributed by atoms with Gasteiger partial charge in [0.1, 0.15) is 6.61 Å². The topological polar surface area (TPSA) is 88.9 Å². The first kappa shape index (κ1) is 18.3. The van der Waals surface area contributed by atoms with E-state index in [0.29, 0.717) is 30.2 Å². The van der Waals surface area contributed by atoms with Crippen LogP contribution in [0.4, 0.5) is 0 Å². The number of esters is 1. The first-order valence-corrected chi connectivity index (χ1v) is 8.36. The number of nitrogens with zero attached hydrogens (tertiary/aromatic N) is 2. The summed E-state index contributed by atoms with van der Waals surface area (Å²) >= 11 is 0. The third kappa shape index (κ3) is 4.55. The minimum atomic E-state index is -0.653. The maximum atomic E-state index is 12.2. The van der Waals surface area contributed by atoms with Gasteiger partial charge in [0.05, 0.1) is 23.7 Å². The summed E-state index contributed by atoms with van der Waals surface area (Å²) in [5.41, 5.74) is 0.577. The summed E-state index contributed by atoms with van der Waals surface area (Å²) in [5.74, 6) is 0.303. The van der Waals surface area contributed by atoms with E-state index >= 15 is 0 Å². The molecule has 1 unspecified atom stereocenters. The number of hydrogen-bond donors (Lipinski definition) is 0. The van der Waals surface area contributed by atoms with Crippen LogP contribution in [0.1, 0.15) is 15.9 Å². The Morgan fingerprint density at radius 3 is 2.78 bits per heavy atom. The number of carbonyl (C=O) groups excluding carboxylic acids is 2. The maximum absolute atomic E-state index is 12.2. The number of nitriles is 1. The number of para-hydroxylation sites is 2. The summed E-state index contributed by atoms with van der Waals surface area (Å²) in [6, 6.07) is 15.4. The molecule has 1 amide bonds. The predicted octanol–water partition coefficient (Wildman–Crippen LogP) is 2.01. The molecule has 0 bridgehead atoms. The Bertz CT molecular complexity index is 890. The van der Waals surface area contributed by atoms with Crippen LogP contribution >= 0.6 is 0 Å². The lowest BCUT2D eigenvalue weighted by atomic mass is 10.1. The molecule has 0 N–H and O–H groups in total. The molecule has 1 aliphatic rings. The van der Waals surface area contributed by atoms with Crippen molar-refractivity contribution in [3.05, 3.63) is 59.7 Å². The molecule has 0 saturated carbocycles. The average molecular weight is 366 g/mol. The minimum Gasteiger partial charge on any atom is -0.486 e. The summed E-state index contributed by atoms with van der Waals surface area (Å²) in [7, 11) is 1.61. The first-order chi connectivity index (χ1) is 13.1. The van der Waals surface area contributed by atoms with E-state index in [-0.39, 0.29) is 17.6 Å². The molecule has 7 heteroatoms. The molecular formula is C20H18N2O5. The van der Waals surface area contributed by atoms with Crippen molar-refractivity contribution in [3.63, 3.8) is 0 Å². The molecule has 2 aromatic carbocycles. The summed E-state index contributed by atoms with van der Waals surface area (Å²) in [4.78, 5) is 25.7. The highest BCUT2D eigenvalue weighted by Gasteiger charge is 2.24. The van der Waals surface area contributed by atoms with Gasteiger partial charge < -0.3 is 19.1 Å². The second kappa shape index (κ2) is 8.23. The lowest BCUT2D eigenvalue weighted by molar-refractivity contribution is -0.134. The highest BCUT2D eigenvalue weighted by atomic mass is 16.6. The molecule has 27 heavy (non-hydrogen) atoms. The van der Waals surface area contributed by atoms with E-state index in [2.05, 4.69) is 0 Å². The summed E-state index contributed by atoms with van der Waals surface area (Å²) in [5, 5.41) is 8.87. The fourth-order valence-electron chi connectivity index (χ4n) is 2.60. The van der Waals surface area contributed by atoms with E-state index in [0.717, 1.165) is 0 Å². The van der Waals surface area contributed by atoms with Gasteiger partial charge in [0.15, 0.2) is 24.2 Å². The van der Waals surface area contributed by atoms with E-state index < -0.39 is 12.6 Å². The summed E-state index contributed by atoms with van der Waals surface area (Å²) in [6.45, 7) is 0.236. The first-order valence-electron chi connectivity index (χ1n) is 8.36. The van der Waals surface area contributed by atoms with E-state index in [1.165, 1.54) is 17.0 Å². The molecule has 138 valence electrons. The van der Waals surface area contributed by atoms with Crippen LogP contribution in [0.3, 0.4) is 0 Å². The van der Waals surface area contributed by atoms with Crippen LogP contribution in [0, 0.1) is 11.3 Å². The number of hydrogen-bond acceptors (Lipinski definition) is 6. The Hall–Kier alpha value is -3.53. The molecule has 1 atom stereocenters. The van der Waals surface area contributed by atoms with Crippen molar-refractivity contribution in [2.75, 3.05) is 26.8 Å². The molecular weight excluding hydrogens is 348 g/mol. The van der Waals surface area contributed by atoms with Crippen molar-refractivity contribution in [2.24, 2.45) is 0 Å². The Morgan fingerprint density at radius 1 is 1.22 bits per heavy atom. The predicted molar refractivity (Wildman–Crippen MR) is 95.4 cm³/mol. The van der Waals surface area contributed by atoms with Gasteiger partial charge in [-0.25, -0.2) is 4.79 Å². The second-order valence-electron chi connectivity index (χ2n) is 6.04. The van der Waals surface area contributed by atoms with Gasteiger partial charge in [0, 0.05) is 7.05 Å². The SMILES string of the molecule is CN(CC1COc2ccccc2O1)C(=O)COC(=O)c1cccc(C#N)c1. The quantitative estimate of drug-likeness (QED) is 0.752. The molecule has 1 aliphatic heterocycles. The summed E-state index contributed by atoms with van der Waals surface area (Å²) in [6.07, 6.45) is -0.308. The van der Waals surface area contributed by atoms with Crippen LogP contribution < -0.4 is 9.47 Å². The van der Waals surface area contributed by atoms with Crippen molar-refractivity contribution < 1.29 is 23.8 Å². The van der Waals surface area contributed by atoms with Gasteiger partial charge in [-0.15, -0.1) is 0 Å². The van der Waals surface area contributed by atoms with Gasteiger partial charge in [0.25, 0.3) is 5.91 Å². The fourth-order valence-corrected chi connectivity index (χ4v) is 2.60. The van der Waals surface area contributed by atoms with Gasteiger partial charge in [-0.05, 0) is 30.3 Å². The number of likely N-dealkylation sites (N-methyl/N-ethyl adjacent to an activating group) is 1. The smallest absolute Gasteiger partial charge is 0.338 e. The van der Waals surface area contributed by atoms with E-state index in [4.69, 9.17) is 19.5 Å². The third-order valence-electron chi connectivity index (χ3n) is 4.02. The standard InChI is InChI=1S/C20H18N2O5/c1-22(11-16-12-25-17-7-2-3-8-18(17)27-16)19(23)13-26-20(24)15-6-4-5-14(9-15)10-21/h2-9,16H,11-13H2,1H3. The molecule has 2 aromatic rings. The van der Waals surface area contributed by atoms with Crippen molar-refractivity contribution in [2.45, 2.75) is 6.10 Å². The lowest BCUT2D eigenvalue weighted by Crippen LogP contribution is -2.43. The van der Waals surface area contributed by atoms with Crippen molar-refractivity contribution in [1.82, 2.24) is 4.90 Å². The zero-order valence-electron chi connectivity index (χ0n) is 14.8. The number of benzene rings is 2. The molecule has 0 aromatic heterocycles. The number of rotatable bonds is 5. The maximum Gasteiger partial charge on any atom is 0.338 e. The van der Waals surface area contributed by atoms with Gasteiger partial charge in [-0.3, -0.25) is 4.79 Å². The third-order valence-corrected chi connectivity index (χ3v) is 4.02. The Kier molecular flexibility index (Phi) is 5.57. The zero-order chi connectivity index (χ0) is 19.2. The van der Waals surface area contributed by atoms with E-state index in [9.17, 15) is 9.59 Å². The molecule has 3 rings (SSSR count).